The summed E-state index contributed by atoms with van der Waals surface area (Å²) in [4.78, 5) is 29.9. The maximum atomic E-state index is 13.1. The highest BCUT2D eigenvalue weighted by Crippen LogP contribution is 2.46. The predicted octanol–water partition coefficient (Wildman–Crippen LogP) is 1.52. The van der Waals surface area contributed by atoms with Gasteiger partial charge >= 0.3 is 0 Å². The molecular formula is C22H32N4O4. The van der Waals surface area contributed by atoms with Crippen molar-refractivity contribution in [2.24, 2.45) is 13.0 Å². The van der Waals surface area contributed by atoms with E-state index in [1.54, 1.807) is 4.68 Å². The van der Waals surface area contributed by atoms with E-state index < -0.39 is 0 Å². The molecule has 5 rings (SSSR count). The number of rotatable bonds is 5. The Kier molecular flexibility index (Phi) is 5.09. The van der Waals surface area contributed by atoms with Crippen molar-refractivity contribution in [3.63, 3.8) is 0 Å². The van der Waals surface area contributed by atoms with Gasteiger partial charge in [0, 0.05) is 45.1 Å². The molecule has 8 nitrogen and oxygen atoms in total. The Balaban J connectivity index is 1.24. The first-order valence-electron chi connectivity index (χ1n) is 11.3. The highest BCUT2D eigenvalue weighted by atomic mass is 16.5. The van der Waals surface area contributed by atoms with E-state index in [9.17, 15) is 9.59 Å². The van der Waals surface area contributed by atoms with E-state index in [0.29, 0.717) is 44.5 Å². The zero-order valence-electron chi connectivity index (χ0n) is 18.0. The molecule has 164 valence electrons. The van der Waals surface area contributed by atoms with Crippen molar-refractivity contribution in [3.8, 4) is 0 Å². The SMILES string of the molecule is Cc1cc(C(=O)N2CCC(N3C(=O)C(OCC4CC4)C34CCOCC4)CC2)nn1C. The lowest BCUT2D eigenvalue weighted by Crippen LogP contribution is -2.79. The monoisotopic (exact) mass is 416 g/mol. The van der Waals surface area contributed by atoms with Crippen molar-refractivity contribution in [3.05, 3.63) is 17.5 Å². The van der Waals surface area contributed by atoms with Crippen LogP contribution in [-0.4, -0.2) is 82.0 Å². The average Bonchev–Trinajstić information content (AvgIpc) is 3.52. The first kappa shape index (κ1) is 20.0. The van der Waals surface area contributed by atoms with E-state index in [0.717, 1.165) is 31.4 Å². The normalized spacial score (nSPS) is 26.9. The van der Waals surface area contributed by atoms with Crippen LogP contribution in [0.5, 0.6) is 0 Å². The van der Waals surface area contributed by atoms with E-state index in [4.69, 9.17) is 9.47 Å². The Bertz CT molecular complexity index is 800. The highest BCUT2D eigenvalue weighted by Gasteiger charge is 2.63. The van der Waals surface area contributed by atoms with Gasteiger partial charge in [0.1, 0.15) is 0 Å². The molecule has 1 aromatic rings. The summed E-state index contributed by atoms with van der Waals surface area (Å²) in [5, 5.41) is 4.33. The lowest BCUT2D eigenvalue weighted by atomic mass is 9.72. The largest absolute Gasteiger partial charge is 0.381 e. The molecule has 3 aliphatic heterocycles. The molecule has 0 aromatic carbocycles. The Morgan fingerprint density at radius 3 is 2.53 bits per heavy atom. The number of carbonyl (C=O) groups excluding carboxylic acids is 2. The number of aromatic nitrogens is 2. The summed E-state index contributed by atoms with van der Waals surface area (Å²) >= 11 is 0. The van der Waals surface area contributed by atoms with Crippen LogP contribution < -0.4 is 0 Å². The van der Waals surface area contributed by atoms with Crippen LogP contribution in [0.15, 0.2) is 6.07 Å². The highest BCUT2D eigenvalue weighted by molar-refractivity contribution is 5.93. The number of likely N-dealkylation sites (tertiary alicyclic amines) is 2. The van der Waals surface area contributed by atoms with Crippen molar-refractivity contribution in [1.82, 2.24) is 19.6 Å². The second kappa shape index (κ2) is 7.64. The lowest BCUT2D eigenvalue weighted by Gasteiger charge is -2.62. The molecule has 0 radical (unpaired) electrons. The van der Waals surface area contributed by atoms with Gasteiger partial charge in [-0.1, -0.05) is 0 Å². The first-order chi connectivity index (χ1) is 14.5. The summed E-state index contributed by atoms with van der Waals surface area (Å²) in [6.07, 6.45) is 5.45. The Hall–Kier alpha value is -1.93. The average molecular weight is 417 g/mol. The third-order valence-corrected chi connectivity index (χ3v) is 7.43. The standard InChI is InChI=1S/C22H32N4O4/c1-15-13-18(23-24(15)2)20(27)25-9-5-17(6-10-25)26-21(28)19(30-14-16-3-4-16)22(26)7-11-29-12-8-22/h13,16-17,19H,3-12,14H2,1-2H3. The molecule has 8 heteroatoms. The molecule has 1 unspecified atom stereocenters. The third kappa shape index (κ3) is 3.34. The molecule has 0 bridgehead atoms. The quantitative estimate of drug-likeness (QED) is 0.681. The first-order valence-corrected chi connectivity index (χ1v) is 11.3. The summed E-state index contributed by atoms with van der Waals surface area (Å²) in [5.41, 5.74) is 1.26. The maximum absolute atomic E-state index is 13.1. The zero-order chi connectivity index (χ0) is 20.9. The number of ether oxygens (including phenoxy) is 2. The molecule has 1 saturated carbocycles. The Morgan fingerprint density at radius 1 is 1.23 bits per heavy atom. The minimum atomic E-state index is -0.307. The van der Waals surface area contributed by atoms with Gasteiger partial charge in [-0.3, -0.25) is 14.3 Å². The summed E-state index contributed by atoms with van der Waals surface area (Å²) < 4.78 is 13.5. The van der Waals surface area contributed by atoms with Crippen LogP contribution >= 0.6 is 0 Å². The van der Waals surface area contributed by atoms with Crippen LogP contribution in [0.3, 0.4) is 0 Å². The van der Waals surface area contributed by atoms with E-state index in [-0.39, 0.29) is 29.5 Å². The molecule has 30 heavy (non-hydrogen) atoms. The minimum Gasteiger partial charge on any atom is -0.381 e. The van der Waals surface area contributed by atoms with Crippen LogP contribution in [0.1, 0.15) is 54.7 Å². The fourth-order valence-corrected chi connectivity index (χ4v) is 5.30. The van der Waals surface area contributed by atoms with Crippen LogP contribution in [0, 0.1) is 12.8 Å². The fraction of sp³-hybridized carbons (Fsp3) is 0.773. The smallest absolute Gasteiger partial charge is 0.274 e. The van der Waals surface area contributed by atoms with Gasteiger partial charge in [-0.2, -0.15) is 5.10 Å². The van der Waals surface area contributed by atoms with Crippen LogP contribution in [0.2, 0.25) is 0 Å². The number of hydrogen-bond donors (Lipinski definition) is 0. The number of carbonyl (C=O) groups is 2. The van der Waals surface area contributed by atoms with Gasteiger partial charge in [0.15, 0.2) is 11.8 Å². The third-order valence-electron chi connectivity index (χ3n) is 7.43. The molecule has 4 heterocycles. The van der Waals surface area contributed by atoms with Crippen molar-refractivity contribution in [2.75, 3.05) is 32.9 Å². The van der Waals surface area contributed by atoms with Crippen molar-refractivity contribution >= 4 is 11.8 Å². The van der Waals surface area contributed by atoms with Crippen LogP contribution in [0.25, 0.3) is 0 Å². The molecule has 1 spiro atoms. The fourth-order valence-electron chi connectivity index (χ4n) is 5.30. The molecule has 1 atom stereocenters. The van der Waals surface area contributed by atoms with Crippen molar-refractivity contribution in [1.29, 1.82) is 0 Å². The number of aryl methyl sites for hydroxylation is 2. The Morgan fingerprint density at radius 2 is 1.93 bits per heavy atom. The van der Waals surface area contributed by atoms with E-state index in [1.165, 1.54) is 12.8 Å². The summed E-state index contributed by atoms with van der Waals surface area (Å²) in [5.74, 6) is 0.773. The van der Waals surface area contributed by atoms with Crippen LogP contribution in [-0.2, 0) is 21.3 Å². The molecule has 0 N–H and O–H groups in total. The zero-order valence-corrected chi connectivity index (χ0v) is 18.0. The minimum absolute atomic E-state index is 0.0153. The summed E-state index contributed by atoms with van der Waals surface area (Å²) in [6.45, 7) is 5.34. The maximum Gasteiger partial charge on any atom is 0.274 e. The van der Waals surface area contributed by atoms with E-state index in [2.05, 4.69) is 10.00 Å². The van der Waals surface area contributed by atoms with Gasteiger partial charge in [-0.25, -0.2) is 0 Å². The van der Waals surface area contributed by atoms with Gasteiger partial charge in [0.25, 0.3) is 11.8 Å². The predicted molar refractivity (Wildman–Crippen MR) is 109 cm³/mol. The topological polar surface area (TPSA) is 76.9 Å². The van der Waals surface area contributed by atoms with Crippen molar-refractivity contribution < 1.29 is 19.1 Å². The molecule has 2 amide bonds. The molecule has 1 aliphatic carbocycles. The lowest BCUT2D eigenvalue weighted by molar-refractivity contribution is -0.219. The molecule has 4 aliphatic rings. The van der Waals surface area contributed by atoms with E-state index in [1.807, 2.05) is 24.9 Å². The van der Waals surface area contributed by atoms with Gasteiger partial charge in [0.05, 0.1) is 12.1 Å². The molecular weight excluding hydrogens is 384 g/mol. The molecule has 1 aromatic heterocycles. The van der Waals surface area contributed by atoms with Gasteiger partial charge < -0.3 is 19.3 Å². The number of hydrogen-bond acceptors (Lipinski definition) is 5. The van der Waals surface area contributed by atoms with E-state index >= 15 is 0 Å². The summed E-state index contributed by atoms with van der Waals surface area (Å²) in [6, 6.07) is 2.01. The second-order valence-corrected chi connectivity index (χ2v) is 9.40. The Labute approximate surface area is 177 Å². The number of piperidine rings is 1. The number of nitrogens with zero attached hydrogens (tertiary/aromatic N) is 4. The number of β-lactam (4-membered cyclic amide) rings is 1. The van der Waals surface area contributed by atoms with Gasteiger partial charge in [0.2, 0.25) is 0 Å². The van der Waals surface area contributed by atoms with Gasteiger partial charge in [-0.05, 0) is 57.4 Å². The molecule has 4 fully saturated rings. The van der Waals surface area contributed by atoms with Crippen molar-refractivity contribution in [2.45, 2.75) is 63.1 Å². The second-order valence-electron chi connectivity index (χ2n) is 9.40. The number of amides is 2. The molecule has 3 saturated heterocycles. The van der Waals surface area contributed by atoms with Crippen LogP contribution in [0.4, 0.5) is 0 Å². The van der Waals surface area contributed by atoms with Gasteiger partial charge in [-0.15, -0.1) is 0 Å². The summed E-state index contributed by atoms with van der Waals surface area (Å²) in [7, 11) is 1.85.